The summed E-state index contributed by atoms with van der Waals surface area (Å²) in [6.07, 6.45) is 6.84. The Morgan fingerprint density at radius 2 is 1.44 bits per heavy atom. The summed E-state index contributed by atoms with van der Waals surface area (Å²) in [5.41, 5.74) is 1.90. The molecule has 0 unspecified atom stereocenters. The van der Waals surface area contributed by atoms with E-state index in [9.17, 15) is 29.3 Å². The molecule has 2 saturated carbocycles. The molecule has 0 radical (unpaired) electrons. The van der Waals surface area contributed by atoms with Crippen molar-refractivity contribution in [3.8, 4) is 5.75 Å². The maximum atomic E-state index is 14.8. The number of anilines is 1. The van der Waals surface area contributed by atoms with Crippen molar-refractivity contribution < 1.29 is 28.8 Å². The Morgan fingerprint density at radius 1 is 0.833 bits per heavy atom. The van der Waals surface area contributed by atoms with Gasteiger partial charge in [-0.3, -0.25) is 29.3 Å². The molecular weight excluding hydrogens is 612 g/mol. The zero-order valence-electron chi connectivity index (χ0n) is 25.6. The highest BCUT2D eigenvalue weighted by molar-refractivity contribution is 6.25. The molecule has 4 amide bonds. The lowest BCUT2D eigenvalue weighted by atomic mass is 9.47. The molecule has 0 N–H and O–H groups in total. The van der Waals surface area contributed by atoms with Crippen LogP contribution in [0.1, 0.15) is 34.6 Å². The van der Waals surface area contributed by atoms with Gasteiger partial charge < -0.3 is 4.74 Å². The van der Waals surface area contributed by atoms with Crippen LogP contribution in [0.15, 0.2) is 84.0 Å². The van der Waals surface area contributed by atoms with Crippen molar-refractivity contribution in [3.05, 3.63) is 111 Å². The number of hydrogen-bond donors (Lipinski definition) is 0. The van der Waals surface area contributed by atoms with Crippen LogP contribution in [-0.2, 0) is 24.6 Å². The third kappa shape index (κ3) is 3.12. The van der Waals surface area contributed by atoms with Crippen molar-refractivity contribution in [3.63, 3.8) is 0 Å². The standard InChI is InChI=1S/C37H28N4O7/c1-48-27-14-17(41(46)47)10-13-26(27)39-33(42)31-28-20-6-2-4-8-24(20)37(32(31)36(39)45,25-9-5-3-7-21(25)28)16-38-40-34(43)29-18-11-12-19(23-15-22(18)23)30(29)35(40)44/h2-14,16,18-19,22-23,28-32H,15H2,1H3/b38-16-/t18-,19-,22-,23+,28?,29-,30+,31+,32+,37?/m0/s1. The van der Waals surface area contributed by atoms with E-state index in [-0.39, 0.29) is 40.8 Å². The van der Waals surface area contributed by atoms with Gasteiger partial charge in [-0.05, 0) is 58.4 Å². The number of nitrogens with zero attached hydrogens (tertiary/aromatic N) is 4. The number of nitro groups is 1. The van der Waals surface area contributed by atoms with Crippen LogP contribution in [0.25, 0.3) is 0 Å². The molecule has 2 saturated heterocycles. The summed E-state index contributed by atoms with van der Waals surface area (Å²) in [5, 5.41) is 17.3. The minimum Gasteiger partial charge on any atom is -0.494 e. The first-order chi connectivity index (χ1) is 23.3. The highest BCUT2D eigenvalue weighted by Crippen LogP contribution is 2.66. The largest absolute Gasteiger partial charge is 0.494 e. The Labute approximate surface area is 274 Å². The molecule has 3 aromatic rings. The Bertz CT molecular complexity index is 2040. The molecule has 4 fully saturated rings. The minimum atomic E-state index is -1.30. The summed E-state index contributed by atoms with van der Waals surface area (Å²) in [5.74, 6) is -3.72. The number of nitro benzene ring substituents is 1. The molecule has 48 heavy (non-hydrogen) atoms. The van der Waals surface area contributed by atoms with Gasteiger partial charge in [-0.25, -0.2) is 4.90 Å². The second kappa shape index (κ2) is 9.12. The van der Waals surface area contributed by atoms with E-state index in [1.165, 1.54) is 25.3 Å². The highest BCUT2D eigenvalue weighted by atomic mass is 16.6. The predicted molar refractivity (Wildman–Crippen MR) is 170 cm³/mol. The number of benzene rings is 3. The number of hydrogen-bond acceptors (Lipinski definition) is 8. The zero-order valence-corrected chi connectivity index (χ0v) is 25.6. The summed E-state index contributed by atoms with van der Waals surface area (Å²) in [6.45, 7) is 0. The Hall–Kier alpha value is -5.45. The SMILES string of the molecule is COc1cc([N+](=O)[O-])ccc1N1C(=O)[C@@H]2C3c4ccccc4C(/C=N\N4C(=O)[C@@H]5[C@H]6C=C[C@@H]([C@@H]7C[C@H]67)[C@@H]5C4=O)(c4ccccc43)[C@H]2C1=O. The number of hydrazone groups is 1. The smallest absolute Gasteiger partial charge is 0.273 e. The summed E-state index contributed by atoms with van der Waals surface area (Å²) in [7, 11) is 1.33. The molecule has 7 aliphatic carbocycles. The minimum absolute atomic E-state index is 0.0202. The molecule has 2 aliphatic heterocycles. The number of non-ortho nitro benzene ring substituents is 1. The van der Waals surface area contributed by atoms with Crippen LogP contribution in [0.4, 0.5) is 11.4 Å². The molecule has 9 aliphatic rings. The Kier molecular flexibility index (Phi) is 5.25. The van der Waals surface area contributed by atoms with Crippen LogP contribution in [0.5, 0.6) is 5.75 Å². The molecule has 4 bridgehead atoms. The van der Waals surface area contributed by atoms with Crippen LogP contribution in [0.2, 0.25) is 0 Å². The molecule has 2 heterocycles. The van der Waals surface area contributed by atoms with Gasteiger partial charge in [0.05, 0.1) is 52.9 Å². The van der Waals surface area contributed by atoms with Crippen molar-refractivity contribution in [2.24, 2.45) is 52.4 Å². The van der Waals surface area contributed by atoms with E-state index in [1.807, 2.05) is 48.5 Å². The average Bonchev–Trinajstić information content (AvgIpc) is 3.84. The van der Waals surface area contributed by atoms with Crippen LogP contribution >= 0.6 is 0 Å². The van der Waals surface area contributed by atoms with E-state index in [1.54, 1.807) is 6.21 Å². The second-order valence-corrected chi connectivity index (χ2v) is 14.0. The molecule has 3 aromatic carbocycles. The molecule has 11 nitrogen and oxygen atoms in total. The van der Waals surface area contributed by atoms with E-state index in [0.29, 0.717) is 11.8 Å². The molecule has 0 spiro atoms. The summed E-state index contributed by atoms with van der Waals surface area (Å²) < 4.78 is 5.47. The van der Waals surface area contributed by atoms with E-state index in [4.69, 9.17) is 9.84 Å². The third-order valence-electron chi connectivity index (χ3n) is 12.3. The zero-order chi connectivity index (χ0) is 32.8. The van der Waals surface area contributed by atoms with Crippen molar-refractivity contribution in [1.29, 1.82) is 0 Å². The third-order valence-corrected chi connectivity index (χ3v) is 12.3. The number of methoxy groups -OCH3 is 1. The van der Waals surface area contributed by atoms with Gasteiger partial charge in [0, 0.05) is 18.2 Å². The van der Waals surface area contributed by atoms with E-state index in [2.05, 4.69) is 12.2 Å². The first-order valence-corrected chi connectivity index (χ1v) is 16.3. The van der Waals surface area contributed by atoms with Gasteiger partial charge >= 0.3 is 0 Å². The lowest BCUT2D eigenvalue weighted by molar-refractivity contribution is -0.384. The van der Waals surface area contributed by atoms with E-state index < -0.39 is 51.7 Å². The number of imide groups is 2. The monoisotopic (exact) mass is 640 g/mol. The predicted octanol–water partition coefficient (Wildman–Crippen LogP) is 4.19. The van der Waals surface area contributed by atoms with Crippen molar-refractivity contribution in [1.82, 2.24) is 5.01 Å². The fraction of sp³-hybridized carbons (Fsp3) is 0.324. The van der Waals surface area contributed by atoms with E-state index in [0.717, 1.165) is 38.6 Å². The fourth-order valence-electron chi connectivity index (χ4n) is 10.5. The lowest BCUT2D eigenvalue weighted by Gasteiger charge is -2.52. The normalized spacial score (nSPS) is 35.9. The number of ether oxygens (including phenoxy) is 1. The van der Waals surface area contributed by atoms with Gasteiger partial charge in [-0.1, -0.05) is 60.7 Å². The number of amides is 4. The summed E-state index contributed by atoms with van der Waals surface area (Å²) in [6, 6.07) is 19.1. The maximum absolute atomic E-state index is 14.8. The number of carbonyl (C=O) groups excluding carboxylic acids is 4. The topological polar surface area (TPSA) is 139 Å². The molecule has 238 valence electrons. The van der Waals surface area contributed by atoms with Crippen molar-refractivity contribution in [2.45, 2.75) is 17.8 Å². The summed E-state index contributed by atoms with van der Waals surface area (Å²) in [4.78, 5) is 69.4. The fourth-order valence-corrected chi connectivity index (χ4v) is 10.5. The van der Waals surface area contributed by atoms with Crippen molar-refractivity contribution in [2.75, 3.05) is 12.0 Å². The van der Waals surface area contributed by atoms with Crippen LogP contribution < -0.4 is 9.64 Å². The number of allylic oxidation sites excluding steroid dienone is 2. The van der Waals surface area contributed by atoms with Gasteiger partial charge in [0.2, 0.25) is 11.8 Å². The van der Waals surface area contributed by atoms with Crippen molar-refractivity contribution >= 4 is 41.2 Å². The van der Waals surface area contributed by atoms with Gasteiger partial charge in [0.25, 0.3) is 17.5 Å². The molecule has 12 rings (SSSR count). The van der Waals surface area contributed by atoms with Crippen LogP contribution in [0.3, 0.4) is 0 Å². The molecule has 11 heteroatoms. The number of rotatable bonds is 5. The van der Waals surface area contributed by atoms with E-state index >= 15 is 0 Å². The molecule has 8 atom stereocenters. The highest BCUT2D eigenvalue weighted by Gasteiger charge is 2.70. The average molecular weight is 641 g/mol. The quantitative estimate of drug-likeness (QED) is 0.134. The van der Waals surface area contributed by atoms with Gasteiger partial charge in [-0.2, -0.15) is 10.1 Å². The van der Waals surface area contributed by atoms with Gasteiger partial charge in [-0.15, -0.1) is 0 Å². The van der Waals surface area contributed by atoms with Gasteiger partial charge in [0.15, 0.2) is 0 Å². The second-order valence-electron chi connectivity index (χ2n) is 14.0. The Balaban J connectivity index is 1.14. The number of carbonyl (C=O) groups is 4. The maximum Gasteiger partial charge on any atom is 0.273 e. The first kappa shape index (κ1) is 27.6. The molecular formula is C37H28N4O7. The molecule has 0 aromatic heterocycles. The summed E-state index contributed by atoms with van der Waals surface area (Å²) >= 11 is 0. The van der Waals surface area contributed by atoms with Crippen LogP contribution in [0, 0.1) is 57.5 Å². The van der Waals surface area contributed by atoms with Gasteiger partial charge in [0.1, 0.15) is 5.75 Å². The van der Waals surface area contributed by atoms with Crippen LogP contribution in [-0.4, -0.2) is 46.9 Å². The Morgan fingerprint density at radius 3 is 2.02 bits per heavy atom. The lowest BCUT2D eigenvalue weighted by Crippen LogP contribution is -2.55. The first-order valence-electron chi connectivity index (χ1n) is 16.3.